The molecule has 0 unspecified atom stereocenters. The molecule has 4 rings (SSSR count). The first kappa shape index (κ1) is 16.4. The van der Waals surface area contributed by atoms with Crippen LogP contribution >= 0.6 is 23.2 Å². The number of benzene rings is 2. The Bertz CT molecular complexity index is 958. The summed E-state index contributed by atoms with van der Waals surface area (Å²) >= 11 is 12.1. The van der Waals surface area contributed by atoms with Crippen molar-refractivity contribution in [2.24, 2.45) is 0 Å². The molecule has 0 saturated heterocycles. The Balaban J connectivity index is 1.58. The van der Waals surface area contributed by atoms with Crippen molar-refractivity contribution in [1.82, 2.24) is 10.3 Å². The minimum absolute atomic E-state index is 0.109. The van der Waals surface area contributed by atoms with Gasteiger partial charge in [0.05, 0.1) is 10.6 Å². The molecule has 3 aromatic rings. The van der Waals surface area contributed by atoms with Gasteiger partial charge in [0.15, 0.2) is 0 Å². The molecule has 25 heavy (non-hydrogen) atoms. The average Bonchev–Trinajstić information content (AvgIpc) is 3.25. The van der Waals surface area contributed by atoms with E-state index >= 15 is 0 Å². The molecular formula is C19H15Cl2FN2O. The van der Waals surface area contributed by atoms with E-state index in [9.17, 15) is 9.18 Å². The van der Waals surface area contributed by atoms with Crippen LogP contribution in [0.2, 0.25) is 10.0 Å². The van der Waals surface area contributed by atoms with Crippen molar-refractivity contribution in [3.63, 3.8) is 0 Å². The normalized spacial score (nSPS) is 15.3. The molecule has 3 nitrogen and oxygen atoms in total. The topological polar surface area (TPSA) is 44.9 Å². The van der Waals surface area contributed by atoms with Gasteiger partial charge in [-0.25, -0.2) is 4.39 Å². The zero-order chi connectivity index (χ0) is 17.6. The summed E-state index contributed by atoms with van der Waals surface area (Å²) in [5.74, 6) is -1.11. The molecule has 0 bridgehead atoms. The summed E-state index contributed by atoms with van der Waals surface area (Å²) in [7, 11) is 0. The lowest BCUT2D eigenvalue weighted by molar-refractivity contribution is 0.0946. The molecule has 1 amide bonds. The van der Waals surface area contributed by atoms with Gasteiger partial charge in [-0.05, 0) is 48.7 Å². The van der Waals surface area contributed by atoms with Crippen molar-refractivity contribution in [1.29, 1.82) is 0 Å². The Labute approximate surface area is 154 Å². The molecule has 0 radical (unpaired) electrons. The molecule has 1 heterocycles. The van der Waals surface area contributed by atoms with Crippen molar-refractivity contribution in [2.75, 3.05) is 6.54 Å². The molecule has 1 aromatic heterocycles. The first-order valence-corrected chi connectivity index (χ1v) is 8.75. The minimum atomic E-state index is -0.617. The standard InChI is InChI=1S/C19H15Cl2FN2O/c20-11-4-5-16-12(8-11)13(9-23-16)19(6-7-19)10-24-18(25)17-14(21)2-1-3-15(17)22/h1-5,8-9,23H,6-7,10H2,(H,24,25). The molecule has 1 saturated carbocycles. The third kappa shape index (κ3) is 2.90. The number of nitrogens with one attached hydrogen (secondary N) is 2. The Hall–Kier alpha value is -2.04. The molecule has 0 spiro atoms. The quantitative estimate of drug-likeness (QED) is 0.655. The van der Waals surface area contributed by atoms with Crippen LogP contribution in [-0.4, -0.2) is 17.4 Å². The lowest BCUT2D eigenvalue weighted by atomic mass is 9.95. The van der Waals surface area contributed by atoms with E-state index in [1.165, 1.54) is 18.2 Å². The molecule has 1 fully saturated rings. The minimum Gasteiger partial charge on any atom is -0.361 e. The summed E-state index contributed by atoms with van der Waals surface area (Å²) in [6.07, 6.45) is 3.88. The first-order chi connectivity index (χ1) is 12.0. The maximum atomic E-state index is 13.9. The third-order valence-electron chi connectivity index (χ3n) is 4.85. The highest BCUT2D eigenvalue weighted by Gasteiger charge is 2.46. The summed E-state index contributed by atoms with van der Waals surface area (Å²) in [6, 6.07) is 9.93. The van der Waals surface area contributed by atoms with Crippen LogP contribution in [0.5, 0.6) is 0 Å². The average molecular weight is 377 g/mol. The molecule has 1 aliphatic rings. The lowest BCUT2D eigenvalue weighted by Crippen LogP contribution is -2.32. The number of H-pyrrole nitrogens is 1. The first-order valence-electron chi connectivity index (χ1n) is 7.99. The number of carbonyl (C=O) groups is 1. The fourth-order valence-corrected chi connectivity index (χ4v) is 3.70. The van der Waals surface area contributed by atoms with Crippen LogP contribution in [0.25, 0.3) is 10.9 Å². The van der Waals surface area contributed by atoms with Crippen LogP contribution in [-0.2, 0) is 5.41 Å². The molecule has 2 N–H and O–H groups in total. The predicted octanol–water partition coefficient (Wildman–Crippen LogP) is 5.08. The van der Waals surface area contributed by atoms with E-state index in [1.54, 1.807) is 0 Å². The van der Waals surface area contributed by atoms with Gasteiger partial charge in [-0.2, -0.15) is 0 Å². The Morgan fingerprint density at radius 3 is 2.76 bits per heavy atom. The van der Waals surface area contributed by atoms with E-state index in [-0.39, 0.29) is 16.0 Å². The van der Waals surface area contributed by atoms with Gasteiger partial charge < -0.3 is 10.3 Å². The molecule has 1 aliphatic carbocycles. The van der Waals surface area contributed by atoms with Crippen molar-refractivity contribution in [3.05, 3.63) is 69.6 Å². The van der Waals surface area contributed by atoms with Gasteiger partial charge in [-0.3, -0.25) is 4.79 Å². The molecule has 2 aromatic carbocycles. The van der Waals surface area contributed by atoms with E-state index in [1.807, 2.05) is 24.4 Å². The third-order valence-corrected chi connectivity index (χ3v) is 5.40. The number of aromatic nitrogens is 1. The summed E-state index contributed by atoms with van der Waals surface area (Å²) in [4.78, 5) is 15.6. The molecule has 0 aliphatic heterocycles. The lowest BCUT2D eigenvalue weighted by Gasteiger charge is -2.16. The van der Waals surface area contributed by atoms with Gasteiger partial charge >= 0.3 is 0 Å². The largest absolute Gasteiger partial charge is 0.361 e. The van der Waals surface area contributed by atoms with Crippen molar-refractivity contribution >= 4 is 40.0 Å². The monoisotopic (exact) mass is 376 g/mol. The second-order valence-corrected chi connectivity index (χ2v) is 7.30. The highest BCUT2D eigenvalue weighted by Crippen LogP contribution is 2.50. The number of amides is 1. The predicted molar refractivity (Wildman–Crippen MR) is 98.0 cm³/mol. The van der Waals surface area contributed by atoms with Crippen LogP contribution in [0.3, 0.4) is 0 Å². The highest BCUT2D eigenvalue weighted by molar-refractivity contribution is 6.33. The molecular weight excluding hydrogens is 362 g/mol. The Morgan fingerprint density at radius 2 is 2.04 bits per heavy atom. The van der Waals surface area contributed by atoms with Gasteiger partial charge in [0.25, 0.3) is 5.91 Å². The van der Waals surface area contributed by atoms with E-state index in [0.717, 1.165) is 29.3 Å². The zero-order valence-electron chi connectivity index (χ0n) is 13.2. The van der Waals surface area contributed by atoms with Crippen LogP contribution in [0.4, 0.5) is 4.39 Å². The molecule has 0 atom stereocenters. The van der Waals surface area contributed by atoms with E-state index < -0.39 is 11.7 Å². The second kappa shape index (κ2) is 6.04. The number of rotatable bonds is 4. The molecule has 6 heteroatoms. The van der Waals surface area contributed by atoms with E-state index in [0.29, 0.717) is 11.6 Å². The van der Waals surface area contributed by atoms with Crippen LogP contribution in [0, 0.1) is 5.82 Å². The summed E-state index contributed by atoms with van der Waals surface area (Å²) < 4.78 is 13.9. The van der Waals surface area contributed by atoms with Gasteiger partial charge in [0.1, 0.15) is 5.82 Å². The fraction of sp³-hybridized carbons (Fsp3) is 0.211. The summed E-state index contributed by atoms with van der Waals surface area (Å²) in [5, 5.41) is 4.68. The number of halogens is 3. The number of fused-ring (bicyclic) bond motifs is 1. The smallest absolute Gasteiger partial charge is 0.255 e. The Morgan fingerprint density at radius 1 is 1.24 bits per heavy atom. The fourth-order valence-electron chi connectivity index (χ4n) is 3.28. The number of carbonyl (C=O) groups excluding carboxylic acids is 1. The van der Waals surface area contributed by atoms with Gasteiger partial charge in [-0.15, -0.1) is 0 Å². The number of hydrogen-bond donors (Lipinski definition) is 2. The van der Waals surface area contributed by atoms with Crippen molar-refractivity contribution in [2.45, 2.75) is 18.3 Å². The number of aromatic amines is 1. The summed E-state index contributed by atoms with van der Waals surface area (Å²) in [5.41, 5.74) is 1.89. The van der Waals surface area contributed by atoms with Gasteiger partial charge in [0.2, 0.25) is 0 Å². The zero-order valence-corrected chi connectivity index (χ0v) is 14.7. The Kier molecular flexibility index (Phi) is 3.97. The maximum absolute atomic E-state index is 13.9. The van der Waals surface area contributed by atoms with Crippen molar-refractivity contribution < 1.29 is 9.18 Å². The van der Waals surface area contributed by atoms with Crippen LogP contribution in [0.1, 0.15) is 28.8 Å². The number of hydrogen-bond acceptors (Lipinski definition) is 1. The van der Waals surface area contributed by atoms with E-state index in [2.05, 4.69) is 10.3 Å². The van der Waals surface area contributed by atoms with Crippen LogP contribution < -0.4 is 5.32 Å². The summed E-state index contributed by atoms with van der Waals surface area (Å²) in [6.45, 7) is 0.427. The van der Waals surface area contributed by atoms with E-state index in [4.69, 9.17) is 23.2 Å². The van der Waals surface area contributed by atoms with Gasteiger partial charge in [-0.1, -0.05) is 29.3 Å². The second-order valence-electron chi connectivity index (χ2n) is 6.45. The van der Waals surface area contributed by atoms with Crippen molar-refractivity contribution in [3.8, 4) is 0 Å². The highest BCUT2D eigenvalue weighted by atomic mass is 35.5. The maximum Gasteiger partial charge on any atom is 0.255 e. The van der Waals surface area contributed by atoms with Crippen LogP contribution in [0.15, 0.2) is 42.6 Å². The van der Waals surface area contributed by atoms with Gasteiger partial charge in [0, 0.05) is 34.1 Å². The SMILES string of the molecule is O=C(NCC1(c2c[nH]c3ccc(Cl)cc23)CC1)c1c(F)cccc1Cl. The molecule has 128 valence electrons.